The molecule has 0 aliphatic heterocycles. The summed E-state index contributed by atoms with van der Waals surface area (Å²) < 4.78 is 1.39. The molecular weight excluding hydrogens is 262 g/mol. The number of carbonyl (C=O) groups is 1. The third-order valence-corrected chi connectivity index (χ3v) is 2.89. The molecule has 1 aromatic carbocycles. The molecule has 0 aliphatic rings. The quantitative estimate of drug-likeness (QED) is 0.509. The fraction of sp³-hybridized carbons (Fsp3) is 0.154. The second-order valence-corrected chi connectivity index (χ2v) is 4.41. The molecule has 1 heterocycles. The maximum absolute atomic E-state index is 12.1. The van der Waals surface area contributed by atoms with Gasteiger partial charge in [0.2, 0.25) is 0 Å². The van der Waals surface area contributed by atoms with Crippen molar-refractivity contribution in [3.8, 4) is 5.75 Å². The van der Waals surface area contributed by atoms with Crippen LogP contribution in [0.2, 0.25) is 0 Å². The second kappa shape index (κ2) is 5.04. The van der Waals surface area contributed by atoms with Crippen molar-refractivity contribution in [1.29, 1.82) is 0 Å². The van der Waals surface area contributed by atoms with Gasteiger partial charge in [-0.15, -0.1) is 0 Å². The van der Waals surface area contributed by atoms with Gasteiger partial charge >= 0.3 is 0 Å². The van der Waals surface area contributed by atoms with E-state index in [0.717, 1.165) is 0 Å². The highest BCUT2D eigenvalue weighted by molar-refractivity contribution is 6.03. The molecule has 0 atom stereocenters. The van der Waals surface area contributed by atoms with Gasteiger partial charge in [-0.3, -0.25) is 14.9 Å². The predicted molar refractivity (Wildman–Crippen MR) is 72.9 cm³/mol. The zero-order valence-corrected chi connectivity index (χ0v) is 11.0. The highest BCUT2D eigenvalue weighted by Gasteiger charge is 2.17. The van der Waals surface area contributed by atoms with Crippen molar-refractivity contribution in [3.05, 3.63) is 51.8 Å². The number of carbonyl (C=O) groups excluding carboxylic acids is 1. The van der Waals surface area contributed by atoms with E-state index in [4.69, 9.17) is 0 Å². The molecule has 1 amide bonds. The standard InChI is InChI=1S/C13H13N3O4/c1-8-5-9(3-4-12(8)17)14-13(18)11-6-10(16(19)20)7-15(11)2/h3-7,17H,1-2H3,(H,14,18). The van der Waals surface area contributed by atoms with E-state index in [9.17, 15) is 20.0 Å². The van der Waals surface area contributed by atoms with E-state index >= 15 is 0 Å². The lowest BCUT2D eigenvalue weighted by Gasteiger charge is -2.07. The van der Waals surface area contributed by atoms with Crippen LogP contribution in [0.4, 0.5) is 11.4 Å². The highest BCUT2D eigenvalue weighted by Crippen LogP contribution is 2.21. The molecule has 104 valence electrons. The Hall–Kier alpha value is -2.83. The molecule has 2 N–H and O–H groups in total. The van der Waals surface area contributed by atoms with E-state index in [-0.39, 0.29) is 17.1 Å². The molecule has 7 nitrogen and oxygen atoms in total. The molecule has 0 unspecified atom stereocenters. The summed E-state index contributed by atoms with van der Waals surface area (Å²) in [6.07, 6.45) is 1.27. The molecule has 2 aromatic rings. The van der Waals surface area contributed by atoms with Crippen molar-refractivity contribution in [1.82, 2.24) is 4.57 Å². The van der Waals surface area contributed by atoms with Gasteiger partial charge in [0, 0.05) is 18.8 Å². The molecule has 2 rings (SSSR count). The van der Waals surface area contributed by atoms with Crippen LogP contribution in [0.15, 0.2) is 30.5 Å². The Labute approximate surface area is 114 Å². The summed E-state index contributed by atoms with van der Waals surface area (Å²) >= 11 is 0. The average molecular weight is 275 g/mol. The molecular formula is C13H13N3O4. The summed E-state index contributed by atoms with van der Waals surface area (Å²) in [5, 5.41) is 22.7. The van der Waals surface area contributed by atoms with Crippen LogP contribution in [0.3, 0.4) is 0 Å². The van der Waals surface area contributed by atoms with Crippen molar-refractivity contribution in [3.63, 3.8) is 0 Å². The van der Waals surface area contributed by atoms with Gasteiger partial charge in [0.1, 0.15) is 11.4 Å². The molecule has 1 aromatic heterocycles. The number of aromatic hydroxyl groups is 1. The number of aryl methyl sites for hydroxylation is 2. The van der Waals surface area contributed by atoms with Crippen molar-refractivity contribution < 1.29 is 14.8 Å². The van der Waals surface area contributed by atoms with Gasteiger partial charge < -0.3 is 15.0 Å². The van der Waals surface area contributed by atoms with Gasteiger partial charge in [-0.2, -0.15) is 0 Å². The van der Waals surface area contributed by atoms with Crippen molar-refractivity contribution in [2.24, 2.45) is 7.05 Å². The summed E-state index contributed by atoms with van der Waals surface area (Å²) in [6, 6.07) is 5.85. The fourth-order valence-electron chi connectivity index (χ4n) is 1.80. The number of rotatable bonds is 3. The van der Waals surface area contributed by atoms with Crippen LogP contribution >= 0.6 is 0 Å². The van der Waals surface area contributed by atoms with Crippen LogP contribution in [-0.4, -0.2) is 20.5 Å². The van der Waals surface area contributed by atoms with Crippen LogP contribution in [0, 0.1) is 17.0 Å². The first-order valence-electron chi connectivity index (χ1n) is 5.80. The maximum atomic E-state index is 12.1. The Morgan fingerprint density at radius 2 is 2.10 bits per heavy atom. The summed E-state index contributed by atoms with van der Waals surface area (Å²) in [5.74, 6) is -0.316. The van der Waals surface area contributed by atoms with Gasteiger partial charge in [-0.25, -0.2) is 0 Å². The van der Waals surface area contributed by atoms with E-state index in [1.165, 1.54) is 22.9 Å². The third-order valence-electron chi connectivity index (χ3n) is 2.89. The van der Waals surface area contributed by atoms with Crippen molar-refractivity contribution in [2.45, 2.75) is 6.92 Å². The molecule has 0 saturated heterocycles. The largest absolute Gasteiger partial charge is 0.508 e. The maximum Gasteiger partial charge on any atom is 0.287 e. The number of hydrogen-bond donors (Lipinski definition) is 2. The van der Waals surface area contributed by atoms with E-state index in [1.807, 2.05) is 0 Å². The number of amides is 1. The highest BCUT2D eigenvalue weighted by atomic mass is 16.6. The van der Waals surface area contributed by atoms with Gasteiger partial charge in [0.25, 0.3) is 11.6 Å². The van der Waals surface area contributed by atoms with E-state index < -0.39 is 10.8 Å². The molecule has 0 spiro atoms. The zero-order valence-electron chi connectivity index (χ0n) is 11.0. The molecule has 7 heteroatoms. The molecule has 0 radical (unpaired) electrons. The van der Waals surface area contributed by atoms with Gasteiger partial charge in [-0.05, 0) is 30.7 Å². The van der Waals surface area contributed by atoms with E-state index in [0.29, 0.717) is 11.3 Å². The lowest BCUT2D eigenvalue weighted by Crippen LogP contribution is -2.15. The fourth-order valence-corrected chi connectivity index (χ4v) is 1.80. The van der Waals surface area contributed by atoms with Crippen LogP contribution in [0.1, 0.15) is 16.1 Å². The number of nitrogens with zero attached hydrogens (tertiary/aromatic N) is 2. The Balaban J connectivity index is 2.23. The summed E-state index contributed by atoms with van der Waals surface area (Å²) in [5.41, 5.74) is 1.18. The van der Waals surface area contributed by atoms with Crippen LogP contribution in [-0.2, 0) is 7.05 Å². The first-order chi connectivity index (χ1) is 9.38. The minimum absolute atomic E-state index is 0.137. The van der Waals surface area contributed by atoms with Crippen LogP contribution in [0.5, 0.6) is 5.75 Å². The number of hydrogen-bond acceptors (Lipinski definition) is 4. The summed E-state index contributed by atoms with van der Waals surface area (Å²) in [4.78, 5) is 22.2. The average Bonchev–Trinajstić information content (AvgIpc) is 2.76. The summed E-state index contributed by atoms with van der Waals surface area (Å²) in [6.45, 7) is 1.71. The predicted octanol–water partition coefficient (Wildman–Crippen LogP) is 2.20. The number of nitro groups is 1. The molecule has 0 fully saturated rings. The zero-order chi connectivity index (χ0) is 14.9. The lowest BCUT2D eigenvalue weighted by molar-refractivity contribution is -0.384. The van der Waals surface area contributed by atoms with E-state index in [1.54, 1.807) is 26.1 Å². The first kappa shape index (κ1) is 13.6. The van der Waals surface area contributed by atoms with E-state index in [2.05, 4.69) is 5.32 Å². The Morgan fingerprint density at radius 3 is 2.65 bits per heavy atom. The van der Waals surface area contributed by atoms with Crippen molar-refractivity contribution >= 4 is 17.3 Å². The topological polar surface area (TPSA) is 97.4 Å². The van der Waals surface area contributed by atoms with Gasteiger partial charge in [0.05, 0.1) is 11.1 Å². The number of aromatic nitrogens is 1. The normalized spacial score (nSPS) is 10.3. The Morgan fingerprint density at radius 1 is 1.40 bits per heavy atom. The molecule has 0 saturated carbocycles. The molecule has 0 aliphatic carbocycles. The first-order valence-corrected chi connectivity index (χ1v) is 5.80. The van der Waals surface area contributed by atoms with Gasteiger partial charge in [0.15, 0.2) is 0 Å². The minimum Gasteiger partial charge on any atom is -0.508 e. The molecule has 20 heavy (non-hydrogen) atoms. The number of benzene rings is 1. The smallest absolute Gasteiger partial charge is 0.287 e. The number of nitrogens with one attached hydrogen (secondary N) is 1. The van der Waals surface area contributed by atoms with Gasteiger partial charge in [-0.1, -0.05) is 0 Å². The van der Waals surface area contributed by atoms with Crippen LogP contribution in [0.25, 0.3) is 0 Å². The Kier molecular flexibility index (Phi) is 3.43. The van der Waals surface area contributed by atoms with Crippen LogP contribution < -0.4 is 5.32 Å². The molecule has 0 bridgehead atoms. The Bertz CT molecular complexity index is 691. The monoisotopic (exact) mass is 275 g/mol. The second-order valence-electron chi connectivity index (χ2n) is 4.41. The number of phenolic OH excluding ortho intramolecular Hbond substituents is 1. The SMILES string of the molecule is Cc1cc(NC(=O)c2cc([N+](=O)[O-])cn2C)ccc1O. The minimum atomic E-state index is -0.554. The van der Waals surface area contributed by atoms with Crippen molar-refractivity contribution in [2.75, 3.05) is 5.32 Å². The number of phenols is 1. The third kappa shape index (κ3) is 2.61. The lowest BCUT2D eigenvalue weighted by atomic mass is 10.2. The number of anilines is 1. The summed E-state index contributed by atoms with van der Waals surface area (Å²) in [7, 11) is 1.56.